The standard InChI is InChI=1S/C16H17ClN2O3S/c1-22-15-5-4-14(17)7-16(15)23(20,21)19-8-11-2-3-12-9-18-10-13(12)6-11/h2-7,18-19H,8-10H2,1H3. The van der Waals surface area contributed by atoms with Crippen molar-refractivity contribution in [3.05, 3.63) is 58.1 Å². The lowest BCUT2D eigenvalue weighted by Crippen LogP contribution is -2.23. The van der Waals surface area contributed by atoms with Gasteiger partial charge in [-0.1, -0.05) is 29.8 Å². The molecule has 1 aliphatic heterocycles. The van der Waals surface area contributed by atoms with E-state index < -0.39 is 10.0 Å². The van der Waals surface area contributed by atoms with E-state index in [2.05, 4.69) is 10.0 Å². The number of fused-ring (bicyclic) bond motifs is 1. The van der Waals surface area contributed by atoms with Crippen LogP contribution in [0.5, 0.6) is 5.75 Å². The average Bonchev–Trinajstić information content (AvgIpc) is 3.00. The minimum absolute atomic E-state index is 0.0373. The molecule has 1 heterocycles. The van der Waals surface area contributed by atoms with Crippen molar-refractivity contribution in [2.75, 3.05) is 7.11 Å². The van der Waals surface area contributed by atoms with E-state index in [-0.39, 0.29) is 17.2 Å². The molecule has 0 bridgehead atoms. The maximum Gasteiger partial charge on any atom is 0.244 e. The smallest absolute Gasteiger partial charge is 0.244 e. The predicted octanol–water partition coefficient (Wildman–Crippen LogP) is 2.43. The van der Waals surface area contributed by atoms with Crippen LogP contribution < -0.4 is 14.8 Å². The van der Waals surface area contributed by atoms with Crippen LogP contribution in [0.25, 0.3) is 0 Å². The number of benzene rings is 2. The molecule has 0 spiro atoms. The Labute approximate surface area is 140 Å². The van der Waals surface area contributed by atoms with Crippen LogP contribution in [0.3, 0.4) is 0 Å². The fraction of sp³-hybridized carbons (Fsp3) is 0.250. The second kappa shape index (κ2) is 6.49. The Kier molecular flexibility index (Phi) is 4.59. The molecule has 5 nitrogen and oxygen atoms in total. The molecule has 2 N–H and O–H groups in total. The third-order valence-corrected chi connectivity index (χ3v) is 5.44. The van der Waals surface area contributed by atoms with Crippen LogP contribution in [0.1, 0.15) is 16.7 Å². The van der Waals surface area contributed by atoms with Gasteiger partial charge in [0.25, 0.3) is 0 Å². The molecule has 0 saturated heterocycles. The molecular weight excluding hydrogens is 336 g/mol. The van der Waals surface area contributed by atoms with Gasteiger partial charge < -0.3 is 10.1 Å². The first-order valence-corrected chi connectivity index (χ1v) is 9.00. The highest BCUT2D eigenvalue weighted by molar-refractivity contribution is 7.89. The number of sulfonamides is 1. The van der Waals surface area contributed by atoms with E-state index in [0.29, 0.717) is 5.02 Å². The van der Waals surface area contributed by atoms with Crippen molar-refractivity contribution in [1.29, 1.82) is 0 Å². The second-order valence-electron chi connectivity index (χ2n) is 5.33. The monoisotopic (exact) mass is 352 g/mol. The fourth-order valence-electron chi connectivity index (χ4n) is 2.57. The molecule has 0 aliphatic carbocycles. The molecule has 0 fully saturated rings. The van der Waals surface area contributed by atoms with Crippen LogP contribution in [0.2, 0.25) is 5.02 Å². The van der Waals surface area contributed by atoms with E-state index in [1.807, 2.05) is 18.2 Å². The van der Waals surface area contributed by atoms with Gasteiger partial charge in [-0.15, -0.1) is 0 Å². The first kappa shape index (κ1) is 16.3. The van der Waals surface area contributed by atoms with Crippen molar-refractivity contribution >= 4 is 21.6 Å². The molecule has 0 unspecified atom stereocenters. The maximum absolute atomic E-state index is 12.5. The summed E-state index contributed by atoms with van der Waals surface area (Å²) in [4.78, 5) is 0.0373. The van der Waals surface area contributed by atoms with Gasteiger partial charge in [0.05, 0.1) is 7.11 Å². The summed E-state index contributed by atoms with van der Waals surface area (Å²) in [7, 11) is -2.29. The molecule has 2 aromatic carbocycles. The number of halogens is 1. The first-order chi connectivity index (χ1) is 11.0. The Morgan fingerprint density at radius 1 is 1.17 bits per heavy atom. The molecule has 1 aliphatic rings. The molecule has 7 heteroatoms. The Morgan fingerprint density at radius 3 is 2.74 bits per heavy atom. The van der Waals surface area contributed by atoms with E-state index in [4.69, 9.17) is 16.3 Å². The summed E-state index contributed by atoms with van der Waals surface area (Å²) < 4.78 is 32.7. The first-order valence-electron chi connectivity index (χ1n) is 7.14. The van der Waals surface area contributed by atoms with Crippen molar-refractivity contribution in [1.82, 2.24) is 10.0 Å². The molecule has 0 atom stereocenters. The van der Waals surface area contributed by atoms with Crippen molar-refractivity contribution < 1.29 is 13.2 Å². The van der Waals surface area contributed by atoms with E-state index in [1.54, 1.807) is 6.07 Å². The van der Waals surface area contributed by atoms with Gasteiger partial charge in [0.2, 0.25) is 10.0 Å². The third kappa shape index (κ3) is 3.50. The highest BCUT2D eigenvalue weighted by Crippen LogP contribution is 2.27. The Bertz CT molecular complexity index is 837. The lowest BCUT2D eigenvalue weighted by molar-refractivity contribution is 0.402. The molecule has 122 valence electrons. The molecule has 0 radical (unpaired) electrons. The zero-order chi connectivity index (χ0) is 16.4. The SMILES string of the molecule is COc1ccc(Cl)cc1S(=O)(=O)NCc1ccc2c(c1)CNC2. The largest absolute Gasteiger partial charge is 0.495 e. The summed E-state index contributed by atoms with van der Waals surface area (Å²) in [6.45, 7) is 1.89. The van der Waals surface area contributed by atoms with Crippen molar-refractivity contribution in [2.45, 2.75) is 24.5 Å². The highest BCUT2D eigenvalue weighted by atomic mass is 35.5. The van der Waals surface area contributed by atoms with Crippen LogP contribution in [0.15, 0.2) is 41.3 Å². The van der Waals surface area contributed by atoms with Gasteiger partial charge >= 0.3 is 0 Å². The Morgan fingerprint density at radius 2 is 1.96 bits per heavy atom. The molecule has 0 aromatic heterocycles. The molecule has 0 saturated carbocycles. The molecule has 0 amide bonds. The van der Waals surface area contributed by atoms with Gasteiger partial charge in [0.1, 0.15) is 10.6 Å². The molecule has 23 heavy (non-hydrogen) atoms. The topological polar surface area (TPSA) is 67.4 Å². The summed E-state index contributed by atoms with van der Waals surface area (Å²) in [5.74, 6) is 0.264. The second-order valence-corrected chi connectivity index (χ2v) is 7.50. The van der Waals surface area contributed by atoms with Crippen molar-refractivity contribution in [3.63, 3.8) is 0 Å². The summed E-state index contributed by atoms with van der Waals surface area (Å²) in [5, 5.41) is 3.61. The normalized spacial score (nSPS) is 13.8. The van der Waals surface area contributed by atoms with Gasteiger partial charge in [0, 0.05) is 24.7 Å². The van der Waals surface area contributed by atoms with Crippen LogP contribution in [-0.2, 0) is 29.7 Å². The van der Waals surface area contributed by atoms with Crippen LogP contribution in [0, 0.1) is 0 Å². The van der Waals surface area contributed by atoms with Gasteiger partial charge in [0.15, 0.2) is 0 Å². The Balaban J connectivity index is 1.80. The zero-order valence-electron chi connectivity index (χ0n) is 12.6. The van der Waals surface area contributed by atoms with Crippen LogP contribution in [0.4, 0.5) is 0 Å². The van der Waals surface area contributed by atoms with Crippen molar-refractivity contribution in [3.8, 4) is 5.75 Å². The lowest BCUT2D eigenvalue weighted by atomic mass is 10.1. The average molecular weight is 353 g/mol. The number of ether oxygens (including phenoxy) is 1. The summed E-state index contributed by atoms with van der Waals surface area (Å²) in [5.41, 5.74) is 3.38. The van der Waals surface area contributed by atoms with Gasteiger partial charge in [-0.25, -0.2) is 13.1 Å². The van der Waals surface area contributed by atoms with Crippen LogP contribution in [-0.4, -0.2) is 15.5 Å². The quantitative estimate of drug-likeness (QED) is 0.867. The number of nitrogens with one attached hydrogen (secondary N) is 2. The maximum atomic E-state index is 12.5. The summed E-state index contributed by atoms with van der Waals surface area (Å²) in [6.07, 6.45) is 0. The van der Waals surface area contributed by atoms with E-state index in [0.717, 1.165) is 18.7 Å². The van der Waals surface area contributed by atoms with Gasteiger partial charge in [-0.05, 0) is 34.9 Å². The van der Waals surface area contributed by atoms with E-state index >= 15 is 0 Å². The fourth-order valence-corrected chi connectivity index (χ4v) is 4.02. The Hall–Kier alpha value is -1.60. The molecule has 3 rings (SSSR count). The number of hydrogen-bond acceptors (Lipinski definition) is 4. The third-order valence-electron chi connectivity index (χ3n) is 3.78. The lowest BCUT2D eigenvalue weighted by Gasteiger charge is -2.11. The minimum atomic E-state index is -3.71. The number of hydrogen-bond donors (Lipinski definition) is 2. The van der Waals surface area contributed by atoms with E-state index in [9.17, 15) is 8.42 Å². The molecular formula is C16H17ClN2O3S. The summed E-state index contributed by atoms with van der Waals surface area (Å²) in [6, 6.07) is 10.5. The van der Waals surface area contributed by atoms with Crippen LogP contribution >= 0.6 is 11.6 Å². The molecule has 2 aromatic rings. The van der Waals surface area contributed by atoms with Gasteiger partial charge in [-0.3, -0.25) is 0 Å². The zero-order valence-corrected chi connectivity index (χ0v) is 14.2. The van der Waals surface area contributed by atoms with E-state index in [1.165, 1.54) is 30.4 Å². The highest BCUT2D eigenvalue weighted by Gasteiger charge is 2.20. The predicted molar refractivity (Wildman–Crippen MR) is 89.0 cm³/mol. The minimum Gasteiger partial charge on any atom is -0.495 e. The summed E-state index contributed by atoms with van der Waals surface area (Å²) >= 11 is 5.91. The number of methoxy groups -OCH3 is 1. The number of rotatable bonds is 5. The van der Waals surface area contributed by atoms with Gasteiger partial charge in [-0.2, -0.15) is 0 Å². The van der Waals surface area contributed by atoms with Crippen molar-refractivity contribution in [2.24, 2.45) is 0 Å².